The Kier molecular flexibility index (Phi) is 6.38. The highest BCUT2D eigenvalue weighted by atomic mass is 19.1. The molecule has 2 aromatic heterocycles. The summed E-state index contributed by atoms with van der Waals surface area (Å²) in [6.07, 6.45) is -1.63. The Morgan fingerprint density at radius 1 is 1.05 bits per heavy atom. The Morgan fingerprint density at radius 2 is 1.68 bits per heavy atom. The first-order valence-corrected chi connectivity index (χ1v) is 11.8. The smallest absolute Gasteiger partial charge is 0.338 e. The first kappa shape index (κ1) is 25.0. The van der Waals surface area contributed by atoms with E-state index in [0.717, 1.165) is 6.92 Å². The van der Waals surface area contributed by atoms with Gasteiger partial charge in [0.05, 0.1) is 28.0 Å². The van der Waals surface area contributed by atoms with E-state index in [0.29, 0.717) is 11.2 Å². The largest absolute Gasteiger partial charge is 0.459 e. The van der Waals surface area contributed by atoms with Crippen LogP contribution >= 0.6 is 0 Å². The van der Waals surface area contributed by atoms with E-state index in [1.807, 2.05) is 6.07 Å². The van der Waals surface area contributed by atoms with Gasteiger partial charge in [0.25, 0.3) is 0 Å². The maximum Gasteiger partial charge on any atom is 0.338 e. The van der Waals surface area contributed by atoms with Gasteiger partial charge in [-0.05, 0) is 50.2 Å². The minimum absolute atomic E-state index is 0.0862. The van der Waals surface area contributed by atoms with Crippen molar-refractivity contribution < 1.29 is 28.2 Å². The normalized spacial score (nSPS) is 24.6. The highest BCUT2D eigenvalue weighted by molar-refractivity contribution is 5.90. The van der Waals surface area contributed by atoms with Crippen LogP contribution in [0.3, 0.4) is 0 Å². The van der Waals surface area contributed by atoms with Gasteiger partial charge in [-0.15, -0.1) is 0 Å². The third-order valence-corrected chi connectivity index (χ3v) is 6.68. The molecule has 0 aliphatic carbocycles. The lowest BCUT2D eigenvalue weighted by molar-refractivity contribution is -0.0746. The standard InChI is InChI=1S/C28H23FN4O5/c1-18-21-13-14-23(33(21)32-17-31-18)28(16-30)27(2,29)24(37-26(35)20-11-7-4-8-12-20)22(38-28)15-36-25(34)19-9-5-3-6-10-19/h3-14,17,22,24H,15H2,1-2H3/t22-,24-,27-,28?/m1/s1. The Hall–Kier alpha value is -4.62. The molecule has 0 N–H and O–H groups in total. The zero-order valence-corrected chi connectivity index (χ0v) is 20.6. The van der Waals surface area contributed by atoms with E-state index in [9.17, 15) is 14.9 Å². The molecule has 10 heteroatoms. The van der Waals surface area contributed by atoms with Crippen molar-refractivity contribution >= 4 is 17.5 Å². The molecular weight excluding hydrogens is 491 g/mol. The fraction of sp³-hybridized carbons (Fsp3) is 0.250. The summed E-state index contributed by atoms with van der Waals surface area (Å²) >= 11 is 0. The van der Waals surface area contributed by atoms with Crippen LogP contribution < -0.4 is 0 Å². The van der Waals surface area contributed by atoms with E-state index in [2.05, 4.69) is 10.1 Å². The number of halogens is 1. The first-order valence-electron chi connectivity index (χ1n) is 11.8. The van der Waals surface area contributed by atoms with Gasteiger partial charge in [-0.25, -0.2) is 23.5 Å². The van der Waals surface area contributed by atoms with E-state index < -0.39 is 42.0 Å². The van der Waals surface area contributed by atoms with Gasteiger partial charge in [-0.1, -0.05) is 36.4 Å². The average molecular weight is 515 g/mol. The summed E-state index contributed by atoms with van der Waals surface area (Å²) in [5.74, 6) is -1.48. The number of ether oxygens (including phenoxy) is 3. The summed E-state index contributed by atoms with van der Waals surface area (Å²) in [5.41, 5.74) is -3.12. The maximum absolute atomic E-state index is 16.9. The van der Waals surface area contributed by atoms with Crippen molar-refractivity contribution in [2.75, 3.05) is 6.61 Å². The molecule has 1 fully saturated rings. The van der Waals surface area contributed by atoms with Crippen LogP contribution in [0.5, 0.6) is 0 Å². The molecule has 192 valence electrons. The number of fused-ring (bicyclic) bond motifs is 1. The molecule has 1 saturated heterocycles. The topological polar surface area (TPSA) is 116 Å². The van der Waals surface area contributed by atoms with E-state index in [-0.39, 0.29) is 16.8 Å². The van der Waals surface area contributed by atoms with Gasteiger partial charge in [-0.2, -0.15) is 10.4 Å². The predicted octanol–water partition coefficient (Wildman–Crippen LogP) is 3.97. The number of aryl methyl sites for hydroxylation is 1. The van der Waals surface area contributed by atoms with Crippen molar-refractivity contribution in [1.82, 2.24) is 14.6 Å². The lowest BCUT2D eigenvalue weighted by Gasteiger charge is -2.32. The molecule has 9 nitrogen and oxygen atoms in total. The number of alkyl halides is 1. The number of nitriles is 1. The average Bonchev–Trinajstić information content (AvgIpc) is 3.46. The zero-order chi connectivity index (χ0) is 26.9. The van der Waals surface area contributed by atoms with Crippen LogP contribution in [0.1, 0.15) is 39.0 Å². The Balaban J connectivity index is 1.53. The van der Waals surface area contributed by atoms with Crippen molar-refractivity contribution in [3.8, 4) is 6.07 Å². The van der Waals surface area contributed by atoms with Crippen LogP contribution in [0.25, 0.3) is 5.52 Å². The molecule has 1 unspecified atom stereocenters. The lowest BCUT2D eigenvalue weighted by Crippen LogP contribution is -2.50. The molecule has 4 aromatic rings. The summed E-state index contributed by atoms with van der Waals surface area (Å²) in [6.45, 7) is 2.41. The number of carbonyl (C=O) groups excluding carboxylic acids is 2. The molecule has 0 spiro atoms. The maximum atomic E-state index is 16.9. The van der Waals surface area contributed by atoms with E-state index in [1.54, 1.807) is 61.5 Å². The highest BCUT2D eigenvalue weighted by Gasteiger charge is 2.69. The molecule has 0 saturated carbocycles. The highest BCUT2D eigenvalue weighted by Crippen LogP contribution is 2.51. The van der Waals surface area contributed by atoms with Crippen molar-refractivity contribution in [3.63, 3.8) is 0 Å². The number of nitrogens with zero attached hydrogens (tertiary/aromatic N) is 4. The summed E-state index contributed by atoms with van der Waals surface area (Å²) in [4.78, 5) is 29.7. The number of hydrogen-bond donors (Lipinski definition) is 0. The molecule has 38 heavy (non-hydrogen) atoms. The van der Waals surface area contributed by atoms with Gasteiger partial charge in [-0.3, -0.25) is 0 Å². The Bertz CT molecular complexity index is 1530. The number of carbonyl (C=O) groups is 2. The monoisotopic (exact) mass is 514 g/mol. The molecule has 2 aromatic carbocycles. The second kappa shape index (κ2) is 9.68. The molecule has 5 rings (SSSR count). The minimum atomic E-state index is -2.58. The number of rotatable bonds is 6. The zero-order valence-electron chi connectivity index (χ0n) is 20.6. The third kappa shape index (κ3) is 4.07. The second-order valence-electron chi connectivity index (χ2n) is 9.04. The van der Waals surface area contributed by atoms with Crippen molar-refractivity contribution in [3.05, 3.63) is 102 Å². The van der Waals surface area contributed by atoms with Crippen molar-refractivity contribution in [1.29, 1.82) is 5.26 Å². The lowest BCUT2D eigenvalue weighted by atomic mass is 9.81. The summed E-state index contributed by atoms with van der Waals surface area (Å²) in [6, 6.07) is 21.4. The number of hydrogen-bond acceptors (Lipinski definition) is 8. The summed E-state index contributed by atoms with van der Waals surface area (Å²) < 4.78 is 35.4. The fourth-order valence-corrected chi connectivity index (χ4v) is 4.66. The SMILES string of the molecule is Cc1ncnn2c(C3(C#N)O[C@H](COC(=O)c4ccccc4)[C@@H](OC(=O)c4ccccc4)[C@@]3(C)F)ccc12. The van der Waals surface area contributed by atoms with Gasteiger partial charge in [0.2, 0.25) is 5.60 Å². The molecule has 4 atom stereocenters. The van der Waals surface area contributed by atoms with Crippen molar-refractivity contribution in [2.24, 2.45) is 0 Å². The Labute approximate surface area is 217 Å². The van der Waals surface area contributed by atoms with Gasteiger partial charge in [0, 0.05) is 0 Å². The third-order valence-electron chi connectivity index (χ3n) is 6.68. The van der Waals surface area contributed by atoms with Crippen LogP contribution in [0, 0.1) is 18.3 Å². The van der Waals surface area contributed by atoms with Gasteiger partial charge >= 0.3 is 11.9 Å². The van der Waals surface area contributed by atoms with E-state index >= 15 is 4.39 Å². The summed E-state index contributed by atoms with van der Waals surface area (Å²) in [5, 5.41) is 14.6. The molecule has 0 bridgehead atoms. The van der Waals surface area contributed by atoms with Crippen LogP contribution in [0.4, 0.5) is 4.39 Å². The summed E-state index contributed by atoms with van der Waals surface area (Å²) in [7, 11) is 0. The molecule has 1 aliphatic rings. The van der Waals surface area contributed by atoms with Crippen molar-refractivity contribution in [2.45, 2.75) is 37.3 Å². The second-order valence-corrected chi connectivity index (χ2v) is 9.04. The molecular formula is C28H23FN4O5. The molecule has 0 amide bonds. The van der Waals surface area contributed by atoms with Gasteiger partial charge < -0.3 is 14.2 Å². The Morgan fingerprint density at radius 3 is 2.32 bits per heavy atom. The number of esters is 2. The molecule has 0 radical (unpaired) electrons. The van der Waals surface area contributed by atoms with Gasteiger partial charge in [0.15, 0.2) is 11.8 Å². The van der Waals surface area contributed by atoms with Gasteiger partial charge in [0.1, 0.15) is 25.1 Å². The first-order chi connectivity index (χ1) is 18.3. The van der Waals surface area contributed by atoms with E-state index in [4.69, 9.17) is 14.2 Å². The minimum Gasteiger partial charge on any atom is -0.459 e. The van der Waals surface area contributed by atoms with Crippen LogP contribution in [-0.2, 0) is 19.8 Å². The predicted molar refractivity (Wildman–Crippen MR) is 132 cm³/mol. The molecule has 1 aliphatic heterocycles. The molecule has 3 heterocycles. The fourth-order valence-electron chi connectivity index (χ4n) is 4.66. The number of benzene rings is 2. The number of aromatic nitrogens is 3. The quantitative estimate of drug-likeness (QED) is 0.355. The van der Waals surface area contributed by atoms with Crippen LogP contribution in [-0.4, -0.2) is 51.0 Å². The van der Waals surface area contributed by atoms with E-state index in [1.165, 1.54) is 29.0 Å². The van der Waals surface area contributed by atoms with Crippen LogP contribution in [0.15, 0.2) is 79.1 Å². The van der Waals surface area contributed by atoms with Crippen LogP contribution in [0.2, 0.25) is 0 Å².